The van der Waals surface area contributed by atoms with Gasteiger partial charge in [-0.1, -0.05) is 6.92 Å². The highest BCUT2D eigenvalue weighted by atomic mass is 32.2. The summed E-state index contributed by atoms with van der Waals surface area (Å²) in [4.78, 5) is 18.6. The van der Waals surface area contributed by atoms with Gasteiger partial charge < -0.3 is 4.90 Å². The van der Waals surface area contributed by atoms with Crippen molar-refractivity contribution in [3.63, 3.8) is 0 Å². The van der Waals surface area contributed by atoms with Crippen LogP contribution in [-0.4, -0.2) is 54.7 Å². The predicted molar refractivity (Wildman–Crippen MR) is 97.2 cm³/mol. The summed E-state index contributed by atoms with van der Waals surface area (Å²) in [5.41, 5.74) is 0.672. The molecule has 0 saturated carbocycles. The summed E-state index contributed by atoms with van der Waals surface area (Å²) in [5, 5.41) is 0.879. The molecule has 0 radical (unpaired) electrons. The van der Waals surface area contributed by atoms with Crippen molar-refractivity contribution in [2.75, 3.05) is 26.2 Å². The highest BCUT2D eigenvalue weighted by Crippen LogP contribution is 2.24. The Morgan fingerprint density at radius 1 is 1.22 bits per heavy atom. The summed E-state index contributed by atoms with van der Waals surface area (Å²) in [6, 6.07) is 2.38. The molecule has 2 heterocycles. The van der Waals surface area contributed by atoms with E-state index < -0.39 is 26.6 Å². The second kappa shape index (κ2) is 7.61. The predicted octanol–water partition coefficient (Wildman–Crippen LogP) is 2.44. The van der Waals surface area contributed by atoms with Crippen molar-refractivity contribution in [3.8, 4) is 0 Å². The van der Waals surface area contributed by atoms with Gasteiger partial charge >= 0.3 is 0 Å². The molecule has 0 aliphatic carbocycles. The normalized spacial score (nSPS) is 15.9. The molecule has 0 atom stereocenters. The zero-order chi connectivity index (χ0) is 19.8. The van der Waals surface area contributed by atoms with Crippen molar-refractivity contribution in [3.05, 3.63) is 45.4 Å². The van der Waals surface area contributed by atoms with Crippen LogP contribution < -0.4 is 0 Å². The van der Waals surface area contributed by atoms with Crippen LogP contribution in [0.2, 0.25) is 0 Å². The molecular weight excluding hydrogens is 396 g/mol. The highest BCUT2D eigenvalue weighted by Gasteiger charge is 2.33. The number of rotatable bonds is 4. The number of piperazine rings is 1. The van der Waals surface area contributed by atoms with Crippen molar-refractivity contribution >= 4 is 27.3 Å². The van der Waals surface area contributed by atoms with E-state index in [0.717, 1.165) is 27.9 Å². The molecule has 2 aromatic rings. The monoisotopic (exact) mass is 415 g/mol. The smallest absolute Gasteiger partial charge is 0.265 e. The van der Waals surface area contributed by atoms with Crippen molar-refractivity contribution in [1.29, 1.82) is 0 Å². The molecule has 6 nitrogen and oxygen atoms in total. The molecule has 27 heavy (non-hydrogen) atoms. The van der Waals surface area contributed by atoms with Crippen LogP contribution in [0, 0.1) is 18.6 Å². The molecule has 1 aromatic heterocycles. The van der Waals surface area contributed by atoms with Gasteiger partial charge in [-0.25, -0.2) is 22.2 Å². The summed E-state index contributed by atoms with van der Waals surface area (Å²) in [5.74, 6) is -2.14. The average Bonchev–Trinajstić information content (AvgIpc) is 3.02. The quantitative estimate of drug-likeness (QED) is 0.769. The molecule has 1 aromatic carbocycles. The average molecular weight is 415 g/mol. The van der Waals surface area contributed by atoms with Gasteiger partial charge in [0.2, 0.25) is 10.0 Å². The lowest BCUT2D eigenvalue weighted by atomic mass is 10.3. The van der Waals surface area contributed by atoms with Crippen LogP contribution in [0.25, 0.3) is 0 Å². The Labute approximate surface area is 160 Å². The maximum atomic E-state index is 13.9. The van der Waals surface area contributed by atoms with Crippen molar-refractivity contribution in [2.24, 2.45) is 0 Å². The van der Waals surface area contributed by atoms with Crippen molar-refractivity contribution in [2.45, 2.75) is 25.2 Å². The van der Waals surface area contributed by atoms with E-state index in [4.69, 9.17) is 0 Å². The van der Waals surface area contributed by atoms with E-state index in [0.29, 0.717) is 16.6 Å². The number of nitrogens with zero attached hydrogens (tertiary/aromatic N) is 3. The van der Waals surface area contributed by atoms with Gasteiger partial charge in [-0.05, 0) is 25.5 Å². The summed E-state index contributed by atoms with van der Waals surface area (Å²) in [7, 11) is -4.09. The number of carbonyl (C=O) groups excluding carboxylic acids is 1. The van der Waals surface area contributed by atoms with E-state index in [-0.39, 0.29) is 32.1 Å². The fraction of sp³-hybridized carbons (Fsp3) is 0.412. The topological polar surface area (TPSA) is 70.6 Å². The number of thiazole rings is 1. The molecule has 1 aliphatic rings. The maximum Gasteiger partial charge on any atom is 0.265 e. The Balaban J connectivity index is 1.72. The first kappa shape index (κ1) is 19.8. The van der Waals surface area contributed by atoms with Gasteiger partial charge in [-0.15, -0.1) is 11.3 Å². The van der Waals surface area contributed by atoms with Gasteiger partial charge in [-0.3, -0.25) is 4.79 Å². The number of hydrogen-bond acceptors (Lipinski definition) is 5. The fourth-order valence-corrected chi connectivity index (χ4v) is 5.34. The van der Waals surface area contributed by atoms with Crippen LogP contribution in [0.1, 0.15) is 27.3 Å². The molecule has 1 fully saturated rings. The molecule has 1 aliphatic heterocycles. The third-order valence-corrected chi connectivity index (χ3v) is 7.60. The molecule has 1 saturated heterocycles. The van der Waals surface area contributed by atoms with Crippen LogP contribution in [-0.2, 0) is 16.4 Å². The standard InChI is InChI=1S/C17H19F2N3O3S2/c1-3-15-20-11(2)16(26-15)17(23)21-6-8-22(9-7-21)27(24,25)14-5-4-12(18)10-13(14)19/h4-5,10H,3,6-9H2,1-2H3. The van der Waals surface area contributed by atoms with Crippen LogP contribution in [0.4, 0.5) is 8.78 Å². The Morgan fingerprint density at radius 3 is 2.44 bits per heavy atom. The Hall–Kier alpha value is -1.91. The van der Waals surface area contributed by atoms with Gasteiger partial charge in [-0.2, -0.15) is 4.31 Å². The Bertz CT molecular complexity index is 968. The van der Waals surface area contributed by atoms with Crippen LogP contribution >= 0.6 is 11.3 Å². The SMILES string of the molecule is CCc1nc(C)c(C(=O)N2CCN(S(=O)(=O)c3ccc(F)cc3F)CC2)s1. The van der Waals surface area contributed by atoms with Gasteiger partial charge in [0.05, 0.1) is 10.7 Å². The molecule has 0 bridgehead atoms. The van der Waals surface area contributed by atoms with E-state index in [1.165, 1.54) is 11.3 Å². The van der Waals surface area contributed by atoms with Gasteiger partial charge in [0.1, 0.15) is 21.4 Å². The first-order chi connectivity index (χ1) is 12.7. The van der Waals surface area contributed by atoms with Crippen molar-refractivity contribution < 1.29 is 22.0 Å². The van der Waals surface area contributed by atoms with Gasteiger partial charge in [0.15, 0.2) is 0 Å². The number of sulfonamides is 1. The van der Waals surface area contributed by atoms with Crippen molar-refractivity contribution in [1.82, 2.24) is 14.2 Å². The maximum absolute atomic E-state index is 13.9. The minimum absolute atomic E-state index is 0.0450. The molecule has 0 unspecified atom stereocenters. The molecule has 3 rings (SSSR count). The molecule has 146 valence electrons. The number of carbonyl (C=O) groups is 1. The van der Waals surface area contributed by atoms with E-state index in [2.05, 4.69) is 4.98 Å². The fourth-order valence-electron chi connectivity index (χ4n) is 2.90. The summed E-state index contributed by atoms with van der Waals surface area (Å²) >= 11 is 1.35. The van der Waals surface area contributed by atoms with Gasteiger partial charge in [0, 0.05) is 32.2 Å². The van der Waals surface area contributed by atoms with Crippen LogP contribution in [0.3, 0.4) is 0 Å². The molecular formula is C17H19F2N3O3S2. The second-order valence-corrected chi connectivity index (χ2v) is 9.14. The number of amides is 1. The Kier molecular flexibility index (Phi) is 5.59. The first-order valence-electron chi connectivity index (χ1n) is 8.44. The lowest BCUT2D eigenvalue weighted by Gasteiger charge is -2.33. The van der Waals surface area contributed by atoms with E-state index in [9.17, 15) is 22.0 Å². The first-order valence-corrected chi connectivity index (χ1v) is 10.7. The lowest BCUT2D eigenvalue weighted by Crippen LogP contribution is -2.50. The highest BCUT2D eigenvalue weighted by molar-refractivity contribution is 7.89. The Morgan fingerprint density at radius 2 is 1.89 bits per heavy atom. The zero-order valence-corrected chi connectivity index (χ0v) is 16.5. The number of aryl methyl sites for hydroxylation is 2. The molecule has 0 N–H and O–H groups in total. The minimum Gasteiger partial charge on any atom is -0.335 e. The number of benzene rings is 1. The molecule has 0 spiro atoms. The molecule has 10 heteroatoms. The van der Waals surface area contributed by atoms with Crippen LogP contribution in [0.15, 0.2) is 23.1 Å². The van der Waals surface area contributed by atoms with E-state index >= 15 is 0 Å². The second-order valence-electron chi connectivity index (χ2n) is 6.15. The molecule has 1 amide bonds. The summed E-state index contributed by atoms with van der Waals surface area (Å²) < 4.78 is 53.3. The van der Waals surface area contributed by atoms with E-state index in [1.54, 1.807) is 11.8 Å². The third kappa shape index (κ3) is 3.87. The third-order valence-electron chi connectivity index (χ3n) is 4.38. The van der Waals surface area contributed by atoms with Crippen LogP contribution in [0.5, 0.6) is 0 Å². The summed E-state index contributed by atoms with van der Waals surface area (Å²) in [6.07, 6.45) is 0.744. The van der Waals surface area contributed by atoms with Gasteiger partial charge in [0.25, 0.3) is 5.91 Å². The lowest BCUT2D eigenvalue weighted by molar-refractivity contribution is 0.0701. The van der Waals surface area contributed by atoms with E-state index in [1.807, 2.05) is 6.92 Å². The number of aromatic nitrogens is 1. The minimum atomic E-state index is -4.09. The zero-order valence-electron chi connectivity index (χ0n) is 14.9. The summed E-state index contributed by atoms with van der Waals surface area (Å²) in [6.45, 7) is 4.22. The largest absolute Gasteiger partial charge is 0.335 e. The number of hydrogen-bond donors (Lipinski definition) is 0. The number of halogens is 2.